The number of carbonyl (C=O) groups is 1. The second kappa shape index (κ2) is 7.12. The van der Waals surface area contributed by atoms with Gasteiger partial charge in [0, 0.05) is 5.69 Å². The number of hydrogen-bond acceptors (Lipinski definition) is 4. The first-order valence-electron chi connectivity index (χ1n) is 7.28. The van der Waals surface area contributed by atoms with Crippen LogP contribution in [0.5, 0.6) is 11.5 Å². The molecular formula is C17H17F3N2O3. The van der Waals surface area contributed by atoms with Gasteiger partial charge in [-0.2, -0.15) is 13.2 Å². The zero-order valence-corrected chi connectivity index (χ0v) is 13.3. The molecule has 2 rings (SSSR count). The molecule has 0 aliphatic heterocycles. The molecule has 1 amide bonds. The summed E-state index contributed by atoms with van der Waals surface area (Å²) in [5.41, 5.74) is 3.79. The van der Waals surface area contributed by atoms with Gasteiger partial charge in [-0.15, -0.1) is 0 Å². The normalized spacial score (nSPS) is 13.8. The van der Waals surface area contributed by atoms with Crippen LogP contribution in [0.2, 0.25) is 0 Å². The topological polar surface area (TPSA) is 84.6 Å². The van der Waals surface area contributed by atoms with Gasteiger partial charge < -0.3 is 20.9 Å². The fourth-order valence-corrected chi connectivity index (χ4v) is 1.82. The molecule has 0 radical (unpaired) electrons. The second-order valence-corrected chi connectivity index (χ2v) is 5.68. The highest BCUT2D eigenvalue weighted by Gasteiger charge is 2.30. The van der Waals surface area contributed by atoms with E-state index in [-0.39, 0.29) is 5.75 Å². The Morgan fingerprint density at radius 2 is 1.80 bits per heavy atom. The van der Waals surface area contributed by atoms with E-state index in [4.69, 9.17) is 15.6 Å². The molecular weight excluding hydrogens is 337 g/mol. The number of rotatable bonds is 5. The lowest BCUT2D eigenvalue weighted by Crippen LogP contribution is -2.51. The maximum atomic E-state index is 12.7. The number of aliphatic hydroxyl groups is 1. The van der Waals surface area contributed by atoms with Crippen molar-refractivity contribution < 1.29 is 27.8 Å². The Hall–Kier alpha value is -2.58. The number of benzene rings is 2. The smallest absolute Gasteiger partial charge is 0.416 e. The highest BCUT2D eigenvalue weighted by atomic mass is 19.4. The predicted molar refractivity (Wildman–Crippen MR) is 86.3 cm³/mol. The van der Waals surface area contributed by atoms with E-state index in [1.165, 1.54) is 43.3 Å². The zero-order valence-electron chi connectivity index (χ0n) is 13.3. The van der Waals surface area contributed by atoms with E-state index in [1.54, 1.807) is 0 Å². The molecule has 0 fully saturated rings. The molecule has 0 saturated heterocycles. The van der Waals surface area contributed by atoms with Crippen molar-refractivity contribution in [1.82, 2.24) is 0 Å². The van der Waals surface area contributed by atoms with Gasteiger partial charge in [0.05, 0.1) is 12.2 Å². The SMILES string of the molecule is CC(N)(CO)C(=O)Nc1ccc(Oc2cccc(C(F)(F)F)c2)cc1. The fourth-order valence-electron chi connectivity index (χ4n) is 1.82. The van der Waals surface area contributed by atoms with Crippen LogP contribution in [0.15, 0.2) is 48.5 Å². The van der Waals surface area contributed by atoms with Gasteiger partial charge in [0.15, 0.2) is 0 Å². The van der Waals surface area contributed by atoms with Gasteiger partial charge >= 0.3 is 6.18 Å². The second-order valence-electron chi connectivity index (χ2n) is 5.68. The summed E-state index contributed by atoms with van der Waals surface area (Å²) in [5, 5.41) is 11.6. The first-order chi connectivity index (χ1) is 11.6. The summed E-state index contributed by atoms with van der Waals surface area (Å²) in [6, 6.07) is 10.5. The lowest BCUT2D eigenvalue weighted by molar-refractivity contribution is -0.137. The number of anilines is 1. The molecule has 0 heterocycles. The Kier molecular flexibility index (Phi) is 5.34. The minimum absolute atomic E-state index is 0.0430. The van der Waals surface area contributed by atoms with E-state index >= 15 is 0 Å². The molecule has 1 atom stereocenters. The molecule has 2 aromatic rings. The molecule has 0 aliphatic carbocycles. The van der Waals surface area contributed by atoms with E-state index < -0.39 is 29.8 Å². The van der Waals surface area contributed by atoms with Crippen LogP contribution in [0.1, 0.15) is 12.5 Å². The average Bonchev–Trinajstić information content (AvgIpc) is 2.56. The minimum atomic E-state index is -4.45. The quantitative estimate of drug-likeness (QED) is 0.770. The maximum absolute atomic E-state index is 12.7. The summed E-state index contributed by atoms with van der Waals surface area (Å²) in [6.07, 6.45) is -4.45. The molecule has 0 spiro atoms. The molecule has 5 nitrogen and oxygen atoms in total. The van der Waals surface area contributed by atoms with E-state index in [1.807, 2.05) is 0 Å². The van der Waals surface area contributed by atoms with E-state index in [0.717, 1.165) is 12.1 Å². The zero-order chi connectivity index (χ0) is 18.7. The highest BCUT2D eigenvalue weighted by Crippen LogP contribution is 2.32. The molecule has 0 aromatic heterocycles. The number of amides is 1. The van der Waals surface area contributed by atoms with Crippen LogP contribution in [0.25, 0.3) is 0 Å². The van der Waals surface area contributed by atoms with Crippen LogP contribution in [0.4, 0.5) is 18.9 Å². The largest absolute Gasteiger partial charge is 0.457 e. The van der Waals surface area contributed by atoms with Crippen molar-refractivity contribution >= 4 is 11.6 Å². The van der Waals surface area contributed by atoms with Crippen molar-refractivity contribution in [3.8, 4) is 11.5 Å². The number of ether oxygens (including phenoxy) is 1. The third-order valence-electron chi connectivity index (χ3n) is 3.36. The Labute approximate surface area is 142 Å². The molecule has 4 N–H and O–H groups in total. The molecule has 2 aromatic carbocycles. The van der Waals surface area contributed by atoms with Gasteiger partial charge in [-0.1, -0.05) is 6.07 Å². The number of alkyl halides is 3. The highest BCUT2D eigenvalue weighted by molar-refractivity contribution is 5.97. The first kappa shape index (κ1) is 18.8. The van der Waals surface area contributed by atoms with Gasteiger partial charge in [-0.05, 0) is 49.4 Å². The lowest BCUT2D eigenvalue weighted by Gasteiger charge is -2.20. The predicted octanol–water partition coefficient (Wildman–Crippen LogP) is 3.15. The van der Waals surface area contributed by atoms with Crippen LogP contribution < -0.4 is 15.8 Å². The Bertz CT molecular complexity index is 744. The van der Waals surface area contributed by atoms with Crippen LogP contribution in [0.3, 0.4) is 0 Å². The molecule has 1 unspecified atom stereocenters. The monoisotopic (exact) mass is 354 g/mol. The van der Waals surface area contributed by atoms with Crippen molar-refractivity contribution in [1.29, 1.82) is 0 Å². The Morgan fingerprint density at radius 3 is 2.36 bits per heavy atom. The van der Waals surface area contributed by atoms with E-state index in [2.05, 4.69) is 5.32 Å². The lowest BCUT2D eigenvalue weighted by atomic mass is 10.0. The number of aliphatic hydroxyl groups excluding tert-OH is 1. The number of halogens is 3. The van der Waals surface area contributed by atoms with Gasteiger partial charge in [-0.25, -0.2) is 0 Å². The summed E-state index contributed by atoms with van der Waals surface area (Å²) in [4.78, 5) is 11.8. The molecule has 134 valence electrons. The molecule has 25 heavy (non-hydrogen) atoms. The number of hydrogen-bond donors (Lipinski definition) is 3. The number of carbonyl (C=O) groups excluding carboxylic acids is 1. The summed E-state index contributed by atoms with van der Waals surface area (Å²) < 4.78 is 43.4. The van der Waals surface area contributed by atoms with Crippen molar-refractivity contribution in [2.45, 2.75) is 18.6 Å². The van der Waals surface area contributed by atoms with Gasteiger partial charge in [0.25, 0.3) is 0 Å². The van der Waals surface area contributed by atoms with Crippen LogP contribution in [-0.4, -0.2) is 23.2 Å². The van der Waals surface area contributed by atoms with Crippen LogP contribution >= 0.6 is 0 Å². The van der Waals surface area contributed by atoms with Crippen molar-refractivity contribution in [3.05, 3.63) is 54.1 Å². The van der Waals surface area contributed by atoms with Gasteiger partial charge in [0.2, 0.25) is 5.91 Å². The number of nitrogens with two attached hydrogens (primary N) is 1. The minimum Gasteiger partial charge on any atom is -0.457 e. The van der Waals surface area contributed by atoms with Crippen molar-refractivity contribution in [2.75, 3.05) is 11.9 Å². The molecule has 0 aliphatic rings. The summed E-state index contributed by atoms with van der Waals surface area (Å²) >= 11 is 0. The van der Waals surface area contributed by atoms with E-state index in [9.17, 15) is 18.0 Å². The Balaban J connectivity index is 2.07. The standard InChI is InChI=1S/C17H17F3N2O3/c1-16(21,10-23)15(24)22-12-5-7-13(8-6-12)25-14-4-2-3-11(9-14)17(18,19)20/h2-9,23H,10,21H2,1H3,(H,22,24). The van der Waals surface area contributed by atoms with Crippen molar-refractivity contribution in [3.63, 3.8) is 0 Å². The van der Waals surface area contributed by atoms with Crippen molar-refractivity contribution in [2.24, 2.45) is 5.73 Å². The van der Waals surface area contributed by atoms with Gasteiger partial charge in [-0.3, -0.25) is 4.79 Å². The fraction of sp³-hybridized carbons (Fsp3) is 0.235. The maximum Gasteiger partial charge on any atom is 0.416 e. The van der Waals surface area contributed by atoms with Crippen LogP contribution in [0, 0.1) is 0 Å². The summed E-state index contributed by atoms with van der Waals surface area (Å²) in [6.45, 7) is 0.864. The summed E-state index contributed by atoms with van der Waals surface area (Å²) in [7, 11) is 0. The average molecular weight is 354 g/mol. The first-order valence-corrected chi connectivity index (χ1v) is 7.28. The number of nitrogens with one attached hydrogen (secondary N) is 1. The molecule has 0 bridgehead atoms. The third-order valence-corrected chi connectivity index (χ3v) is 3.36. The molecule has 0 saturated carbocycles. The Morgan fingerprint density at radius 1 is 1.16 bits per heavy atom. The van der Waals surface area contributed by atoms with E-state index in [0.29, 0.717) is 11.4 Å². The summed E-state index contributed by atoms with van der Waals surface area (Å²) in [5.74, 6) is -0.224. The molecule has 8 heteroatoms. The van der Waals surface area contributed by atoms with Crippen LogP contribution in [-0.2, 0) is 11.0 Å². The third kappa shape index (κ3) is 4.94. The van der Waals surface area contributed by atoms with Gasteiger partial charge in [0.1, 0.15) is 17.0 Å².